The number of nitrogens with zero attached hydrogens (tertiary/aromatic N) is 2. The Morgan fingerprint density at radius 2 is 2.04 bits per heavy atom. The summed E-state index contributed by atoms with van der Waals surface area (Å²) in [5, 5.41) is 13.1. The van der Waals surface area contributed by atoms with Crippen molar-refractivity contribution >= 4 is 17.4 Å². The van der Waals surface area contributed by atoms with E-state index in [0.717, 1.165) is 18.2 Å². The van der Waals surface area contributed by atoms with Gasteiger partial charge < -0.3 is 20.2 Å². The molecule has 1 aromatic carbocycles. The summed E-state index contributed by atoms with van der Waals surface area (Å²) < 4.78 is 43.2. The van der Waals surface area contributed by atoms with Crippen LogP contribution in [-0.4, -0.2) is 21.9 Å². The summed E-state index contributed by atoms with van der Waals surface area (Å²) in [6, 6.07) is 6.73. The standard InChI is InChI=1S/C15H12F3N3O4/c1-9(25-12-6-3-7-19-13(12)21(23)24)14(22)20-11-5-2-4-10(8-11)15(16,17)18/h2-9H,1H3,(H,20,22)/t9-/m0/s1. The third-order valence-electron chi connectivity index (χ3n) is 3.05. The minimum atomic E-state index is -4.54. The number of amides is 1. The van der Waals surface area contributed by atoms with E-state index in [4.69, 9.17) is 4.74 Å². The van der Waals surface area contributed by atoms with E-state index < -0.39 is 34.5 Å². The van der Waals surface area contributed by atoms with Crippen LogP contribution in [0.1, 0.15) is 12.5 Å². The molecule has 0 aliphatic rings. The maximum Gasteiger partial charge on any atom is 0.416 e. The van der Waals surface area contributed by atoms with Gasteiger partial charge in [-0.2, -0.15) is 13.2 Å². The van der Waals surface area contributed by atoms with Crippen LogP contribution < -0.4 is 10.1 Å². The van der Waals surface area contributed by atoms with Crippen LogP contribution in [-0.2, 0) is 11.0 Å². The molecule has 2 rings (SSSR count). The third-order valence-corrected chi connectivity index (χ3v) is 3.05. The van der Waals surface area contributed by atoms with Gasteiger partial charge in [-0.15, -0.1) is 0 Å². The molecule has 0 saturated heterocycles. The summed E-state index contributed by atoms with van der Waals surface area (Å²) in [5.41, 5.74) is -0.988. The van der Waals surface area contributed by atoms with Gasteiger partial charge in [0.1, 0.15) is 6.20 Å². The average molecular weight is 355 g/mol. The highest BCUT2D eigenvalue weighted by molar-refractivity contribution is 5.94. The van der Waals surface area contributed by atoms with Crippen LogP contribution in [0.25, 0.3) is 0 Å². The Morgan fingerprint density at radius 3 is 2.68 bits per heavy atom. The molecule has 132 valence electrons. The molecule has 2 aromatic rings. The molecule has 0 aliphatic heterocycles. The number of alkyl halides is 3. The number of hydrogen-bond acceptors (Lipinski definition) is 5. The molecule has 10 heteroatoms. The molecule has 7 nitrogen and oxygen atoms in total. The van der Waals surface area contributed by atoms with E-state index in [9.17, 15) is 28.1 Å². The number of anilines is 1. The number of nitro groups is 1. The van der Waals surface area contributed by atoms with Crippen molar-refractivity contribution in [3.05, 3.63) is 58.3 Å². The second-order valence-electron chi connectivity index (χ2n) is 4.91. The van der Waals surface area contributed by atoms with Crippen molar-refractivity contribution in [3.63, 3.8) is 0 Å². The molecule has 0 aliphatic carbocycles. The fourth-order valence-electron chi connectivity index (χ4n) is 1.87. The van der Waals surface area contributed by atoms with Gasteiger partial charge in [-0.1, -0.05) is 6.07 Å². The number of benzene rings is 1. The van der Waals surface area contributed by atoms with E-state index in [0.29, 0.717) is 0 Å². The Balaban J connectivity index is 2.10. The fourth-order valence-corrected chi connectivity index (χ4v) is 1.87. The van der Waals surface area contributed by atoms with E-state index in [1.807, 2.05) is 0 Å². The molecule has 1 N–H and O–H groups in total. The number of hydrogen-bond donors (Lipinski definition) is 1. The number of halogens is 3. The first-order valence-electron chi connectivity index (χ1n) is 6.92. The van der Waals surface area contributed by atoms with E-state index in [1.165, 1.54) is 31.3 Å². The number of rotatable bonds is 5. The van der Waals surface area contributed by atoms with Crippen LogP contribution in [0.2, 0.25) is 0 Å². The summed E-state index contributed by atoms with van der Waals surface area (Å²) in [5.74, 6) is -1.56. The number of carbonyl (C=O) groups is 1. The predicted molar refractivity (Wildman–Crippen MR) is 81.1 cm³/mol. The zero-order valence-corrected chi connectivity index (χ0v) is 12.8. The molecule has 0 saturated carbocycles. The van der Waals surface area contributed by atoms with E-state index in [-0.39, 0.29) is 11.4 Å². The van der Waals surface area contributed by atoms with Crippen molar-refractivity contribution in [2.24, 2.45) is 0 Å². The SMILES string of the molecule is C[C@H](Oc1cccnc1[N+](=O)[O-])C(=O)Nc1cccc(C(F)(F)F)c1. The Hall–Kier alpha value is -3.17. The van der Waals surface area contributed by atoms with E-state index in [1.54, 1.807) is 0 Å². The maximum atomic E-state index is 12.7. The van der Waals surface area contributed by atoms with Gasteiger partial charge in [0, 0.05) is 5.69 Å². The van der Waals surface area contributed by atoms with Crippen LogP contribution in [0.4, 0.5) is 24.7 Å². The molecule has 25 heavy (non-hydrogen) atoms. The van der Waals surface area contributed by atoms with Crippen molar-refractivity contribution in [1.29, 1.82) is 0 Å². The first kappa shape index (κ1) is 18.2. The van der Waals surface area contributed by atoms with Crippen molar-refractivity contribution < 1.29 is 27.6 Å². The fraction of sp³-hybridized carbons (Fsp3) is 0.200. The third kappa shape index (κ3) is 4.66. The first-order valence-corrected chi connectivity index (χ1v) is 6.92. The number of aromatic nitrogens is 1. The highest BCUT2D eigenvalue weighted by Crippen LogP contribution is 2.30. The number of pyridine rings is 1. The van der Waals surface area contributed by atoms with Gasteiger partial charge >= 0.3 is 12.0 Å². The quantitative estimate of drug-likeness (QED) is 0.655. The topological polar surface area (TPSA) is 94.4 Å². The smallest absolute Gasteiger partial charge is 0.416 e. The average Bonchev–Trinajstić information content (AvgIpc) is 2.54. The summed E-state index contributed by atoms with van der Waals surface area (Å²) in [4.78, 5) is 25.7. The lowest BCUT2D eigenvalue weighted by Gasteiger charge is -2.15. The zero-order chi connectivity index (χ0) is 18.6. The van der Waals surface area contributed by atoms with Crippen molar-refractivity contribution in [2.75, 3.05) is 5.32 Å². The van der Waals surface area contributed by atoms with E-state index in [2.05, 4.69) is 10.3 Å². The molecule has 1 aromatic heterocycles. The van der Waals surface area contributed by atoms with E-state index >= 15 is 0 Å². The lowest BCUT2D eigenvalue weighted by molar-refractivity contribution is -0.390. The molecular formula is C15H12F3N3O4. The van der Waals surface area contributed by atoms with Crippen molar-refractivity contribution in [2.45, 2.75) is 19.2 Å². The number of nitrogens with one attached hydrogen (secondary N) is 1. The Kier molecular flexibility index (Phi) is 5.20. The Bertz CT molecular complexity index is 796. The monoisotopic (exact) mass is 355 g/mol. The van der Waals surface area contributed by atoms with Crippen LogP contribution in [0.3, 0.4) is 0 Å². The van der Waals surface area contributed by atoms with Crippen LogP contribution in [0, 0.1) is 10.1 Å². The summed E-state index contributed by atoms with van der Waals surface area (Å²) in [6.45, 7) is 1.31. The van der Waals surface area contributed by atoms with Crippen LogP contribution >= 0.6 is 0 Å². The second kappa shape index (κ2) is 7.16. The van der Waals surface area contributed by atoms with Crippen molar-refractivity contribution in [1.82, 2.24) is 4.98 Å². The van der Waals surface area contributed by atoms with Gasteiger partial charge in [-0.25, -0.2) is 0 Å². The lowest BCUT2D eigenvalue weighted by atomic mass is 10.2. The van der Waals surface area contributed by atoms with Gasteiger partial charge in [0.25, 0.3) is 5.91 Å². The summed E-state index contributed by atoms with van der Waals surface area (Å²) in [7, 11) is 0. The van der Waals surface area contributed by atoms with Crippen molar-refractivity contribution in [3.8, 4) is 5.75 Å². The molecule has 0 bridgehead atoms. The first-order chi connectivity index (χ1) is 11.7. The lowest BCUT2D eigenvalue weighted by Crippen LogP contribution is -2.30. The second-order valence-corrected chi connectivity index (χ2v) is 4.91. The highest BCUT2D eigenvalue weighted by Gasteiger charge is 2.30. The molecular weight excluding hydrogens is 343 g/mol. The molecule has 1 amide bonds. The number of ether oxygens (including phenoxy) is 1. The molecule has 0 spiro atoms. The minimum Gasteiger partial charge on any atom is -0.473 e. The van der Waals surface area contributed by atoms with Gasteiger partial charge in [0.05, 0.1) is 5.56 Å². The Morgan fingerprint density at radius 1 is 1.32 bits per heavy atom. The summed E-state index contributed by atoms with van der Waals surface area (Å²) >= 11 is 0. The molecule has 0 unspecified atom stereocenters. The normalized spacial score (nSPS) is 12.3. The molecule has 1 atom stereocenters. The predicted octanol–water partition coefficient (Wildman–Crippen LogP) is 3.41. The summed E-state index contributed by atoms with van der Waals surface area (Å²) in [6.07, 6.45) is -4.55. The largest absolute Gasteiger partial charge is 0.473 e. The van der Waals surface area contributed by atoms with Gasteiger partial charge in [0.15, 0.2) is 6.10 Å². The van der Waals surface area contributed by atoms with Gasteiger partial charge in [-0.3, -0.25) is 4.79 Å². The molecule has 0 radical (unpaired) electrons. The van der Waals surface area contributed by atoms with Crippen LogP contribution in [0.5, 0.6) is 5.75 Å². The molecule has 0 fully saturated rings. The maximum absolute atomic E-state index is 12.7. The minimum absolute atomic E-state index is 0.0732. The van der Waals surface area contributed by atoms with Crippen LogP contribution in [0.15, 0.2) is 42.6 Å². The molecule has 1 heterocycles. The highest BCUT2D eigenvalue weighted by atomic mass is 19.4. The Labute approximate surface area is 139 Å². The van der Waals surface area contributed by atoms with Gasteiger partial charge in [0.2, 0.25) is 5.75 Å². The zero-order valence-electron chi connectivity index (χ0n) is 12.8. The number of carbonyl (C=O) groups excluding carboxylic acids is 1. The van der Waals surface area contributed by atoms with Gasteiger partial charge in [-0.05, 0) is 47.2 Å².